The van der Waals surface area contributed by atoms with Crippen LogP contribution in [0.3, 0.4) is 0 Å². The van der Waals surface area contributed by atoms with Crippen LogP contribution in [0.25, 0.3) is 0 Å². The molecule has 0 aromatic heterocycles. The summed E-state index contributed by atoms with van der Waals surface area (Å²) in [5.74, 6) is 0. The van der Waals surface area contributed by atoms with Crippen LogP contribution in [0.5, 0.6) is 0 Å². The van der Waals surface area contributed by atoms with Crippen molar-refractivity contribution >= 4 is 12.4 Å². The van der Waals surface area contributed by atoms with E-state index >= 15 is 0 Å². The number of halogens is 1. The van der Waals surface area contributed by atoms with Crippen LogP contribution in [0.2, 0.25) is 0 Å². The summed E-state index contributed by atoms with van der Waals surface area (Å²) in [6, 6.07) is 0.632. The lowest BCUT2D eigenvalue weighted by molar-refractivity contribution is 0.567. The van der Waals surface area contributed by atoms with Crippen molar-refractivity contribution in [3.8, 4) is 0 Å². The van der Waals surface area contributed by atoms with Crippen molar-refractivity contribution in [3.05, 3.63) is 12.7 Å². The molecule has 1 unspecified atom stereocenters. The topological polar surface area (TPSA) is 12.0 Å². The van der Waals surface area contributed by atoms with Gasteiger partial charge in [-0.05, 0) is 13.3 Å². The summed E-state index contributed by atoms with van der Waals surface area (Å²) < 4.78 is 0. The summed E-state index contributed by atoms with van der Waals surface area (Å²) in [6.07, 6.45) is 3.07. The molecule has 2 heteroatoms. The Kier molecular flexibility index (Phi) is 10.4. The highest BCUT2D eigenvalue weighted by Gasteiger charge is 1.91. The van der Waals surface area contributed by atoms with Crippen molar-refractivity contribution in [3.63, 3.8) is 0 Å². The first kappa shape index (κ1) is 11.7. The van der Waals surface area contributed by atoms with Gasteiger partial charge in [0.2, 0.25) is 0 Å². The van der Waals surface area contributed by atoms with Crippen molar-refractivity contribution in [2.75, 3.05) is 6.54 Å². The van der Waals surface area contributed by atoms with E-state index in [2.05, 4.69) is 25.7 Å². The molecular weight excluding hydrogens is 134 g/mol. The van der Waals surface area contributed by atoms with Gasteiger partial charge < -0.3 is 5.32 Å². The average molecular weight is 150 g/mol. The standard InChI is InChI=1S/C7H15N.ClH/c1-4-6-8-7(3)5-2;/h4,7-8H,1,5-6H2,2-3H3;1H. The normalized spacial score (nSPS) is 11.8. The van der Waals surface area contributed by atoms with Gasteiger partial charge in [-0.25, -0.2) is 0 Å². The van der Waals surface area contributed by atoms with E-state index in [9.17, 15) is 0 Å². The largest absolute Gasteiger partial charge is 0.311 e. The molecule has 1 nitrogen and oxygen atoms in total. The molecule has 0 amide bonds. The van der Waals surface area contributed by atoms with Crippen LogP contribution in [0.4, 0.5) is 0 Å². The number of hydrogen-bond donors (Lipinski definition) is 1. The fraction of sp³-hybridized carbons (Fsp3) is 0.714. The molecule has 0 aromatic rings. The van der Waals surface area contributed by atoms with Crippen LogP contribution in [0.1, 0.15) is 20.3 Å². The average Bonchev–Trinajstić information content (AvgIpc) is 1.83. The van der Waals surface area contributed by atoms with E-state index in [0.29, 0.717) is 6.04 Å². The first-order valence-corrected chi connectivity index (χ1v) is 3.15. The van der Waals surface area contributed by atoms with E-state index in [-0.39, 0.29) is 12.4 Å². The molecular formula is C7H16ClN. The SMILES string of the molecule is C=CCNC(C)CC.Cl. The molecule has 1 atom stereocenters. The molecule has 0 heterocycles. The van der Waals surface area contributed by atoms with Crippen LogP contribution >= 0.6 is 12.4 Å². The second-order valence-corrected chi connectivity index (χ2v) is 2.01. The molecule has 0 fully saturated rings. The Bertz CT molecular complexity index is 63.9. The number of nitrogens with one attached hydrogen (secondary N) is 1. The first-order chi connectivity index (χ1) is 3.81. The third-order valence-electron chi connectivity index (χ3n) is 1.22. The summed E-state index contributed by atoms with van der Waals surface area (Å²) >= 11 is 0. The van der Waals surface area contributed by atoms with Crippen LogP contribution < -0.4 is 5.32 Å². The maximum absolute atomic E-state index is 3.60. The molecule has 0 aliphatic heterocycles. The lowest BCUT2D eigenvalue weighted by Gasteiger charge is -2.06. The number of hydrogen-bond acceptors (Lipinski definition) is 1. The predicted molar refractivity (Wildman–Crippen MR) is 45.2 cm³/mol. The van der Waals surface area contributed by atoms with Crippen molar-refractivity contribution in [2.45, 2.75) is 26.3 Å². The summed E-state index contributed by atoms with van der Waals surface area (Å²) in [7, 11) is 0. The Labute approximate surface area is 63.9 Å². The van der Waals surface area contributed by atoms with Gasteiger partial charge in [0.25, 0.3) is 0 Å². The van der Waals surface area contributed by atoms with Gasteiger partial charge in [0, 0.05) is 12.6 Å². The van der Waals surface area contributed by atoms with Gasteiger partial charge in [0.05, 0.1) is 0 Å². The Morgan fingerprint density at radius 3 is 2.56 bits per heavy atom. The van der Waals surface area contributed by atoms with Gasteiger partial charge in [-0.2, -0.15) is 0 Å². The zero-order valence-electron chi connectivity index (χ0n) is 6.18. The minimum absolute atomic E-state index is 0. The van der Waals surface area contributed by atoms with Crippen LogP contribution in [-0.2, 0) is 0 Å². The number of rotatable bonds is 4. The fourth-order valence-electron chi connectivity index (χ4n) is 0.429. The van der Waals surface area contributed by atoms with Crippen molar-refractivity contribution < 1.29 is 0 Å². The van der Waals surface area contributed by atoms with E-state index in [4.69, 9.17) is 0 Å². The summed E-state index contributed by atoms with van der Waals surface area (Å²) in [6.45, 7) is 8.87. The zero-order chi connectivity index (χ0) is 6.41. The molecule has 0 aliphatic carbocycles. The van der Waals surface area contributed by atoms with Crippen LogP contribution in [0.15, 0.2) is 12.7 Å². The second-order valence-electron chi connectivity index (χ2n) is 2.01. The minimum Gasteiger partial charge on any atom is -0.311 e. The lowest BCUT2D eigenvalue weighted by Crippen LogP contribution is -2.24. The van der Waals surface area contributed by atoms with Crippen molar-refractivity contribution in [1.29, 1.82) is 0 Å². The Hall–Kier alpha value is -0.0100. The second kappa shape index (κ2) is 7.99. The molecule has 9 heavy (non-hydrogen) atoms. The molecule has 0 spiro atoms. The first-order valence-electron chi connectivity index (χ1n) is 3.15. The Balaban J connectivity index is 0. The van der Waals surface area contributed by atoms with E-state index < -0.39 is 0 Å². The summed E-state index contributed by atoms with van der Waals surface area (Å²) in [5, 5.41) is 3.26. The molecule has 0 radical (unpaired) electrons. The molecule has 0 saturated carbocycles. The highest BCUT2D eigenvalue weighted by molar-refractivity contribution is 5.85. The lowest BCUT2D eigenvalue weighted by atomic mass is 10.3. The molecule has 0 aromatic carbocycles. The maximum atomic E-state index is 3.60. The third-order valence-corrected chi connectivity index (χ3v) is 1.22. The Morgan fingerprint density at radius 1 is 1.67 bits per heavy atom. The van der Waals surface area contributed by atoms with E-state index in [1.54, 1.807) is 0 Å². The van der Waals surface area contributed by atoms with E-state index in [1.807, 2.05) is 6.08 Å². The summed E-state index contributed by atoms with van der Waals surface area (Å²) in [4.78, 5) is 0. The van der Waals surface area contributed by atoms with Crippen LogP contribution in [0, 0.1) is 0 Å². The maximum Gasteiger partial charge on any atom is 0.0134 e. The van der Waals surface area contributed by atoms with Gasteiger partial charge in [-0.3, -0.25) is 0 Å². The zero-order valence-corrected chi connectivity index (χ0v) is 7.00. The highest BCUT2D eigenvalue weighted by Crippen LogP contribution is 1.85. The minimum atomic E-state index is 0. The highest BCUT2D eigenvalue weighted by atomic mass is 35.5. The monoisotopic (exact) mass is 149 g/mol. The van der Waals surface area contributed by atoms with Crippen molar-refractivity contribution in [2.24, 2.45) is 0 Å². The van der Waals surface area contributed by atoms with E-state index in [0.717, 1.165) is 6.54 Å². The molecule has 0 bridgehead atoms. The predicted octanol–water partition coefficient (Wildman–Crippen LogP) is 1.98. The quantitative estimate of drug-likeness (QED) is 0.603. The Morgan fingerprint density at radius 2 is 2.22 bits per heavy atom. The van der Waals surface area contributed by atoms with Gasteiger partial charge >= 0.3 is 0 Å². The van der Waals surface area contributed by atoms with Crippen molar-refractivity contribution in [1.82, 2.24) is 5.32 Å². The smallest absolute Gasteiger partial charge is 0.0134 e. The molecule has 1 N–H and O–H groups in total. The fourth-order valence-corrected chi connectivity index (χ4v) is 0.429. The van der Waals surface area contributed by atoms with Gasteiger partial charge in [0.15, 0.2) is 0 Å². The molecule has 0 saturated heterocycles. The van der Waals surface area contributed by atoms with Gasteiger partial charge in [-0.1, -0.05) is 13.0 Å². The van der Waals surface area contributed by atoms with Gasteiger partial charge in [0.1, 0.15) is 0 Å². The third kappa shape index (κ3) is 7.99. The molecule has 0 rings (SSSR count). The van der Waals surface area contributed by atoms with E-state index in [1.165, 1.54) is 6.42 Å². The molecule has 0 aliphatic rings. The van der Waals surface area contributed by atoms with Gasteiger partial charge in [-0.15, -0.1) is 19.0 Å². The molecule has 56 valence electrons. The van der Waals surface area contributed by atoms with Crippen LogP contribution in [-0.4, -0.2) is 12.6 Å². The summed E-state index contributed by atoms with van der Waals surface area (Å²) in [5.41, 5.74) is 0.